The van der Waals surface area contributed by atoms with Gasteiger partial charge in [-0.15, -0.1) is 0 Å². The number of hydrogen-bond acceptors (Lipinski definition) is 6. The van der Waals surface area contributed by atoms with Gasteiger partial charge in [0.25, 0.3) is 5.91 Å². The van der Waals surface area contributed by atoms with E-state index in [-0.39, 0.29) is 38.6 Å². The highest BCUT2D eigenvalue weighted by Gasteiger charge is 2.25. The Kier molecular flexibility index (Phi) is 9.90. The Balaban J connectivity index is 1.80. The highest BCUT2D eigenvalue weighted by Crippen LogP contribution is 2.43. The van der Waals surface area contributed by atoms with Gasteiger partial charge in [0.05, 0.1) is 20.5 Å². The van der Waals surface area contributed by atoms with Gasteiger partial charge in [-0.2, -0.15) is 0 Å². The van der Waals surface area contributed by atoms with Crippen LogP contribution < -0.4 is 10.6 Å². The summed E-state index contributed by atoms with van der Waals surface area (Å²) in [5.41, 5.74) is 0.925. The lowest BCUT2D eigenvalue weighted by atomic mass is 9.99. The molecule has 1 amide bonds. The van der Waals surface area contributed by atoms with Gasteiger partial charge in [0.15, 0.2) is 9.84 Å². The third kappa shape index (κ3) is 7.98. The summed E-state index contributed by atoms with van der Waals surface area (Å²) in [6.45, 7) is 3.40. The minimum Gasteiger partial charge on any atom is -0.508 e. The SMILES string of the molecule is CC(/C=C/P(C)(=O)c1cccc(O)c1)c1cc(Cl)c(C(=O)N[C@@H](Cc2cccc(S(C)(=O)=O)c2)C(=O)O)c(Cl)c1. The quantitative estimate of drug-likeness (QED) is 0.255. The number of hydrogen-bond donors (Lipinski definition) is 3. The molecule has 0 fully saturated rings. The Hall–Kier alpha value is -3.10. The zero-order valence-corrected chi connectivity index (χ0v) is 25.1. The Labute approximate surface area is 242 Å². The molecule has 3 aromatic carbocycles. The largest absolute Gasteiger partial charge is 0.508 e. The number of allylic oxidation sites excluding steroid dienone is 1. The summed E-state index contributed by atoms with van der Waals surface area (Å²) >= 11 is 12.8. The fourth-order valence-electron chi connectivity index (χ4n) is 3.90. The molecule has 0 aliphatic rings. The lowest BCUT2D eigenvalue weighted by molar-refractivity contribution is -0.139. The molecule has 0 radical (unpaired) electrons. The maximum absolute atomic E-state index is 13.2. The number of halogens is 2. The number of rotatable bonds is 10. The molecule has 3 atom stereocenters. The first kappa shape index (κ1) is 31.4. The van der Waals surface area contributed by atoms with Crippen molar-refractivity contribution in [2.75, 3.05) is 12.9 Å². The fourth-order valence-corrected chi connectivity index (χ4v) is 6.80. The zero-order chi connectivity index (χ0) is 29.8. The molecule has 3 rings (SSSR count). The number of benzene rings is 3. The Morgan fingerprint density at radius 3 is 2.25 bits per heavy atom. The van der Waals surface area contributed by atoms with Gasteiger partial charge in [0.1, 0.15) is 18.9 Å². The van der Waals surface area contributed by atoms with Crippen LogP contribution in [0.1, 0.15) is 34.3 Å². The number of carbonyl (C=O) groups is 2. The molecule has 0 aromatic heterocycles. The molecule has 12 heteroatoms. The fraction of sp³-hybridized carbons (Fsp3) is 0.214. The third-order valence-corrected chi connectivity index (χ3v) is 9.94. The molecule has 0 saturated carbocycles. The average molecular weight is 624 g/mol. The molecular formula is C28H28Cl2NO7PS. The van der Waals surface area contributed by atoms with Crippen molar-refractivity contribution >= 4 is 57.4 Å². The number of phenolic OH excluding ortho intramolecular Hbond substituents is 1. The minimum absolute atomic E-state index is 0.00359. The van der Waals surface area contributed by atoms with Crippen molar-refractivity contribution in [3.05, 3.63) is 99.3 Å². The van der Waals surface area contributed by atoms with E-state index in [1.54, 1.807) is 36.8 Å². The van der Waals surface area contributed by atoms with Gasteiger partial charge in [0, 0.05) is 18.0 Å². The van der Waals surface area contributed by atoms with Gasteiger partial charge in [0.2, 0.25) is 0 Å². The second kappa shape index (κ2) is 12.6. The molecule has 8 nitrogen and oxygen atoms in total. The summed E-state index contributed by atoms with van der Waals surface area (Å²) < 4.78 is 36.8. The van der Waals surface area contributed by atoms with E-state index in [0.717, 1.165) is 6.26 Å². The molecule has 0 heterocycles. The average Bonchev–Trinajstić information content (AvgIpc) is 2.86. The van der Waals surface area contributed by atoms with Crippen molar-refractivity contribution in [2.24, 2.45) is 0 Å². The number of sulfone groups is 1. The van der Waals surface area contributed by atoms with Gasteiger partial charge in [-0.3, -0.25) is 4.79 Å². The lowest BCUT2D eigenvalue weighted by Crippen LogP contribution is -2.42. The number of aromatic hydroxyl groups is 1. The third-order valence-electron chi connectivity index (χ3n) is 6.19. The van der Waals surface area contributed by atoms with Crippen LogP contribution >= 0.6 is 30.3 Å². The molecule has 0 aliphatic heterocycles. The summed E-state index contributed by atoms with van der Waals surface area (Å²) in [7, 11) is -6.42. The molecule has 0 saturated heterocycles. The van der Waals surface area contributed by atoms with E-state index in [2.05, 4.69) is 5.32 Å². The standard InChI is InChI=1S/C28H28Cl2NO7PS/c1-17(10-11-39(2,36)21-8-5-7-20(32)16-21)19-14-23(29)26(24(30)15-19)27(33)31-25(28(34)35)13-18-6-4-9-22(12-18)40(3,37)38/h4-12,14-17,25,32H,13H2,1-3H3,(H,31,33)(H,34,35)/b11-10+/t17?,25-,39?/m0/s1. The van der Waals surface area contributed by atoms with E-state index >= 15 is 0 Å². The maximum Gasteiger partial charge on any atom is 0.326 e. The molecule has 40 heavy (non-hydrogen) atoms. The summed E-state index contributed by atoms with van der Waals surface area (Å²) in [5, 5.41) is 22.3. The van der Waals surface area contributed by atoms with Crippen molar-refractivity contribution in [3.63, 3.8) is 0 Å². The Bertz CT molecular complexity index is 1620. The molecule has 212 valence electrons. The van der Waals surface area contributed by atoms with Crippen LogP contribution in [0.25, 0.3) is 0 Å². The van der Waals surface area contributed by atoms with E-state index in [0.29, 0.717) is 16.4 Å². The van der Waals surface area contributed by atoms with Gasteiger partial charge < -0.3 is 20.1 Å². The summed E-state index contributed by atoms with van der Waals surface area (Å²) in [6.07, 6.45) is 2.59. The van der Waals surface area contributed by atoms with Crippen LogP contribution in [0.3, 0.4) is 0 Å². The first-order chi connectivity index (χ1) is 18.6. The summed E-state index contributed by atoms with van der Waals surface area (Å²) in [5.74, 6) is -0.840. The van der Waals surface area contributed by atoms with E-state index < -0.39 is 34.9 Å². The molecular weight excluding hydrogens is 596 g/mol. The number of carbonyl (C=O) groups excluding carboxylic acids is 1. The second-order valence-corrected chi connectivity index (χ2v) is 15.1. The van der Waals surface area contributed by atoms with E-state index in [4.69, 9.17) is 23.2 Å². The number of phenols is 1. The zero-order valence-electron chi connectivity index (χ0n) is 21.8. The normalized spacial score (nSPS) is 14.8. The highest BCUT2D eigenvalue weighted by molar-refractivity contribution is 7.90. The smallest absolute Gasteiger partial charge is 0.326 e. The van der Waals surface area contributed by atoms with Crippen LogP contribution in [0, 0.1) is 0 Å². The van der Waals surface area contributed by atoms with Crippen LogP contribution in [0.5, 0.6) is 5.75 Å². The van der Waals surface area contributed by atoms with Crippen molar-refractivity contribution < 1.29 is 32.8 Å². The van der Waals surface area contributed by atoms with Crippen LogP contribution in [0.15, 0.2) is 77.5 Å². The van der Waals surface area contributed by atoms with Crippen LogP contribution in [-0.2, 0) is 25.6 Å². The van der Waals surface area contributed by atoms with Crippen molar-refractivity contribution in [3.8, 4) is 5.75 Å². The van der Waals surface area contributed by atoms with E-state index in [1.165, 1.54) is 42.5 Å². The second-order valence-electron chi connectivity index (χ2n) is 9.49. The van der Waals surface area contributed by atoms with Gasteiger partial charge in [-0.05, 0) is 65.9 Å². The number of nitrogens with one attached hydrogen (secondary N) is 1. The van der Waals surface area contributed by atoms with Gasteiger partial charge >= 0.3 is 5.97 Å². The highest BCUT2D eigenvalue weighted by atomic mass is 35.5. The predicted molar refractivity (Wildman–Crippen MR) is 157 cm³/mol. The number of carboxylic acids is 1. The lowest BCUT2D eigenvalue weighted by Gasteiger charge is -2.18. The first-order valence-electron chi connectivity index (χ1n) is 12.0. The van der Waals surface area contributed by atoms with E-state index in [9.17, 15) is 32.8 Å². The predicted octanol–water partition coefficient (Wildman–Crippen LogP) is 5.46. The summed E-state index contributed by atoms with van der Waals surface area (Å²) in [6, 6.07) is 13.7. The Morgan fingerprint density at radius 2 is 1.68 bits per heavy atom. The molecule has 0 aliphatic carbocycles. The number of aliphatic carboxylic acids is 1. The molecule has 0 bridgehead atoms. The summed E-state index contributed by atoms with van der Waals surface area (Å²) in [4.78, 5) is 25.0. The monoisotopic (exact) mass is 623 g/mol. The van der Waals surface area contributed by atoms with Crippen molar-refractivity contribution in [2.45, 2.75) is 30.2 Å². The van der Waals surface area contributed by atoms with Gasteiger partial charge in [-0.1, -0.05) is 60.5 Å². The molecule has 0 spiro atoms. The van der Waals surface area contributed by atoms with Crippen LogP contribution in [-0.4, -0.2) is 49.5 Å². The molecule has 3 N–H and O–H groups in total. The number of amides is 1. The maximum atomic E-state index is 13.2. The Morgan fingerprint density at radius 1 is 1.05 bits per heavy atom. The molecule has 3 aromatic rings. The van der Waals surface area contributed by atoms with E-state index in [1.807, 2.05) is 6.92 Å². The minimum atomic E-state index is -3.50. The van der Waals surface area contributed by atoms with Gasteiger partial charge in [-0.25, -0.2) is 13.2 Å². The topological polar surface area (TPSA) is 138 Å². The first-order valence-corrected chi connectivity index (χ1v) is 16.8. The van der Waals surface area contributed by atoms with Crippen LogP contribution in [0.2, 0.25) is 10.0 Å². The van der Waals surface area contributed by atoms with Crippen LogP contribution in [0.4, 0.5) is 0 Å². The van der Waals surface area contributed by atoms with Crippen molar-refractivity contribution in [1.82, 2.24) is 5.32 Å². The van der Waals surface area contributed by atoms with Crippen molar-refractivity contribution in [1.29, 1.82) is 0 Å². The number of carboxylic acid groups (broad SMARTS) is 1. The molecule has 2 unspecified atom stereocenters.